The lowest BCUT2D eigenvalue weighted by Crippen LogP contribution is -2.21. The van der Waals surface area contributed by atoms with Crippen LogP contribution >= 0.6 is 0 Å². The molecule has 0 spiro atoms. The highest BCUT2D eigenvalue weighted by Crippen LogP contribution is 2.13. The first-order valence-electron chi connectivity index (χ1n) is 9.78. The van der Waals surface area contributed by atoms with Crippen LogP contribution in [0.25, 0.3) is 0 Å². The van der Waals surface area contributed by atoms with Gasteiger partial charge in [0.1, 0.15) is 0 Å². The molecule has 0 saturated carbocycles. The first-order valence-corrected chi connectivity index (χ1v) is 9.78. The second-order valence-corrected chi connectivity index (χ2v) is 6.38. The van der Waals surface area contributed by atoms with Gasteiger partial charge in [0, 0.05) is 5.92 Å². The van der Waals surface area contributed by atoms with E-state index in [4.69, 9.17) is 19.7 Å². The Morgan fingerprint density at radius 2 is 1.21 bits per heavy atom. The Kier molecular flexibility index (Phi) is 12.8. The van der Waals surface area contributed by atoms with E-state index in [1.54, 1.807) is 48.5 Å². The number of ether oxygens (including phenoxy) is 2. The normalized spacial score (nSPS) is 10.1. The quantitative estimate of drug-likeness (QED) is 0.591. The predicted octanol–water partition coefficient (Wildman–Crippen LogP) is 3.48. The molecule has 0 radical (unpaired) electrons. The van der Waals surface area contributed by atoms with Gasteiger partial charge in [-0.25, -0.2) is 9.59 Å². The monoisotopic (exact) mass is 402 g/mol. The van der Waals surface area contributed by atoms with Gasteiger partial charge < -0.3 is 19.7 Å². The first-order chi connectivity index (χ1) is 14.1. The maximum absolute atomic E-state index is 12.1. The van der Waals surface area contributed by atoms with Gasteiger partial charge in [0.25, 0.3) is 0 Å². The van der Waals surface area contributed by atoms with E-state index in [0.29, 0.717) is 11.1 Å². The van der Waals surface area contributed by atoms with E-state index in [0.717, 1.165) is 19.3 Å². The minimum Gasteiger partial charge on any atom is -0.462 e. The van der Waals surface area contributed by atoms with Crippen molar-refractivity contribution in [3.63, 3.8) is 0 Å². The molecule has 6 heteroatoms. The summed E-state index contributed by atoms with van der Waals surface area (Å²) in [6.07, 6.45) is 2.88. The molecule has 6 nitrogen and oxygen atoms in total. The molecule has 158 valence electrons. The molecule has 2 aromatic rings. The third-order valence-electron chi connectivity index (χ3n) is 3.99. The fourth-order valence-corrected chi connectivity index (χ4v) is 2.41. The molecule has 2 N–H and O–H groups in total. The smallest absolute Gasteiger partial charge is 0.338 e. The van der Waals surface area contributed by atoms with Crippen LogP contribution in [0.15, 0.2) is 60.7 Å². The summed E-state index contributed by atoms with van der Waals surface area (Å²) < 4.78 is 10.8. The van der Waals surface area contributed by atoms with E-state index in [1.807, 2.05) is 12.1 Å². The van der Waals surface area contributed by atoms with Crippen LogP contribution in [-0.2, 0) is 9.47 Å². The van der Waals surface area contributed by atoms with Gasteiger partial charge in [-0.2, -0.15) is 0 Å². The minimum absolute atomic E-state index is 0.000254. The number of aliphatic hydroxyl groups excluding tert-OH is 2. The number of unbranched alkanes of at least 4 members (excludes halogenated alkanes) is 1. The maximum atomic E-state index is 12.1. The molecule has 0 aromatic heterocycles. The number of aliphatic hydroxyl groups is 2. The van der Waals surface area contributed by atoms with Gasteiger partial charge >= 0.3 is 11.9 Å². The summed E-state index contributed by atoms with van der Waals surface area (Å²) in [7, 11) is 0. The summed E-state index contributed by atoms with van der Waals surface area (Å²) in [5.41, 5.74) is 1.05. The van der Waals surface area contributed by atoms with Crippen LogP contribution in [0.3, 0.4) is 0 Å². The molecule has 0 aliphatic carbocycles. The van der Waals surface area contributed by atoms with Crippen LogP contribution in [0.4, 0.5) is 0 Å². The molecule has 0 unspecified atom stereocenters. The fourth-order valence-electron chi connectivity index (χ4n) is 2.41. The highest BCUT2D eigenvalue weighted by molar-refractivity contribution is 5.89. The maximum Gasteiger partial charge on any atom is 0.338 e. The molecule has 0 atom stereocenters. The van der Waals surface area contributed by atoms with Crippen molar-refractivity contribution >= 4 is 11.9 Å². The third-order valence-corrected chi connectivity index (χ3v) is 3.99. The van der Waals surface area contributed by atoms with Crippen LogP contribution in [0.5, 0.6) is 0 Å². The minimum atomic E-state index is -0.350. The van der Waals surface area contributed by atoms with E-state index in [1.165, 1.54) is 0 Å². The molecule has 0 aliphatic rings. The number of carbonyl (C=O) groups excluding carboxylic acids is 2. The number of esters is 2. The van der Waals surface area contributed by atoms with Crippen LogP contribution in [0.1, 0.15) is 46.9 Å². The third kappa shape index (κ3) is 10.4. The summed E-state index contributed by atoms with van der Waals surface area (Å²) in [6.45, 7) is 2.34. The topological polar surface area (TPSA) is 93.1 Å². The molecule has 0 amide bonds. The second-order valence-electron chi connectivity index (χ2n) is 6.38. The summed E-state index contributed by atoms with van der Waals surface area (Å²) in [5, 5.41) is 15.2. The number of carbonyl (C=O) groups is 2. The van der Waals surface area contributed by atoms with Gasteiger partial charge in [-0.15, -0.1) is 0 Å². The van der Waals surface area contributed by atoms with Crippen LogP contribution in [0, 0.1) is 5.92 Å². The van der Waals surface area contributed by atoms with Crippen molar-refractivity contribution in [2.24, 2.45) is 5.92 Å². The van der Waals surface area contributed by atoms with Gasteiger partial charge in [-0.3, -0.25) is 0 Å². The second kappa shape index (κ2) is 15.2. The summed E-state index contributed by atoms with van der Waals surface area (Å²) in [5.74, 6) is -0.701. The highest BCUT2D eigenvalue weighted by atomic mass is 16.5. The Labute approximate surface area is 172 Å². The van der Waals surface area contributed by atoms with E-state index >= 15 is 0 Å². The average molecular weight is 402 g/mol. The van der Waals surface area contributed by atoms with Crippen molar-refractivity contribution in [3.05, 3.63) is 71.8 Å². The largest absolute Gasteiger partial charge is 0.462 e. The molecule has 0 bridgehead atoms. The Hall–Kier alpha value is -2.70. The molecule has 2 rings (SSSR count). The van der Waals surface area contributed by atoms with Gasteiger partial charge in [-0.1, -0.05) is 56.2 Å². The Bertz CT molecular complexity index is 630. The SMILES string of the molecule is CCCCC(COC(=O)c1ccccc1)COC(=O)c1ccccc1.OCCO. The molecular weight excluding hydrogens is 372 g/mol. The van der Waals surface area contributed by atoms with E-state index in [9.17, 15) is 9.59 Å². The van der Waals surface area contributed by atoms with Gasteiger partial charge in [0.2, 0.25) is 0 Å². The van der Waals surface area contributed by atoms with Gasteiger partial charge in [-0.05, 0) is 30.7 Å². The van der Waals surface area contributed by atoms with Crippen LogP contribution < -0.4 is 0 Å². The predicted molar refractivity (Wildman–Crippen MR) is 111 cm³/mol. The number of rotatable bonds is 10. The summed E-state index contributed by atoms with van der Waals surface area (Å²) in [6, 6.07) is 17.8. The number of hydrogen-bond donors (Lipinski definition) is 2. The Morgan fingerprint density at radius 1 is 0.793 bits per heavy atom. The standard InChI is InChI=1S/C21H24O4.C2H6O2/c1-2-3-10-17(15-24-20(22)18-11-6-4-7-12-18)16-25-21(23)19-13-8-5-9-14-19;3-1-2-4/h4-9,11-14,17H,2-3,10,15-16H2,1H3;3-4H,1-2H2. The molecule has 2 aromatic carbocycles. The highest BCUT2D eigenvalue weighted by Gasteiger charge is 2.16. The molecular formula is C23H30O6. The van der Waals surface area contributed by atoms with Gasteiger partial charge in [0.15, 0.2) is 0 Å². The van der Waals surface area contributed by atoms with Crippen molar-refractivity contribution in [1.82, 2.24) is 0 Å². The Morgan fingerprint density at radius 3 is 1.55 bits per heavy atom. The zero-order valence-electron chi connectivity index (χ0n) is 16.8. The molecule has 0 fully saturated rings. The van der Waals surface area contributed by atoms with E-state index in [2.05, 4.69) is 6.92 Å². The number of benzene rings is 2. The van der Waals surface area contributed by atoms with Crippen molar-refractivity contribution in [2.45, 2.75) is 26.2 Å². The summed E-state index contributed by atoms with van der Waals surface area (Å²) >= 11 is 0. The van der Waals surface area contributed by atoms with Crippen LogP contribution in [-0.4, -0.2) is 48.6 Å². The Balaban J connectivity index is 0.000000960. The lowest BCUT2D eigenvalue weighted by molar-refractivity contribution is 0.0244. The van der Waals surface area contributed by atoms with Crippen molar-refractivity contribution in [1.29, 1.82) is 0 Å². The zero-order valence-corrected chi connectivity index (χ0v) is 16.8. The zero-order chi connectivity index (χ0) is 21.3. The molecule has 0 saturated heterocycles. The van der Waals surface area contributed by atoms with E-state index in [-0.39, 0.29) is 44.3 Å². The van der Waals surface area contributed by atoms with Crippen molar-refractivity contribution in [2.75, 3.05) is 26.4 Å². The first kappa shape index (κ1) is 24.3. The molecule has 0 aliphatic heterocycles. The fraction of sp³-hybridized carbons (Fsp3) is 0.391. The van der Waals surface area contributed by atoms with Crippen LogP contribution in [0.2, 0.25) is 0 Å². The lowest BCUT2D eigenvalue weighted by atomic mass is 10.0. The van der Waals surface area contributed by atoms with E-state index < -0.39 is 0 Å². The summed E-state index contributed by atoms with van der Waals surface area (Å²) in [4.78, 5) is 24.1. The molecule has 0 heterocycles. The molecule has 29 heavy (non-hydrogen) atoms. The lowest BCUT2D eigenvalue weighted by Gasteiger charge is -2.17. The van der Waals surface area contributed by atoms with Crippen molar-refractivity contribution in [3.8, 4) is 0 Å². The van der Waals surface area contributed by atoms with Crippen molar-refractivity contribution < 1.29 is 29.3 Å². The average Bonchev–Trinajstić information content (AvgIpc) is 2.79. The number of hydrogen-bond acceptors (Lipinski definition) is 6. The van der Waals surface area contributed by atoms with Gasteiger partial charge in [0.05, 0.1) is 37.6 Å².